The zero-order valence-electron chi connectivity index (χ0n) is 18.8. The smallest absolute Gasteiger partial charge is 0.338 e. The molecule has 1 saturated heterocycles. The van der Waals surface area contributed by atoms with Gasteiger partial charge in [0.05, 0.1) is 37.9 Å². The maximum atomic E-state index is 13.0. The number of piperidine rings is 1. The highest BCUT2D eigenvalue weighted by molar-refractivity contribution is 5.95. The Balaban J connectivity index is 1.87. The van der Waals surface area contributed by atoms with E-state index in [4.69, 9.17) is 14.2 Å². The van der Waals surface area contributed by atoms with Gasteiger partial charge >= 0.3 is 18.0 Å². The first kappa shape index (κ1) is 23.6. The van der Waals surface area contributed by atoms with E-state index < -0.39 is 18.0 Å². The standard InChI is InChI=1S/C23H31N3O6/c1-4-31-21(27)15-10-12-26(13-11-15)14-17-19(22(28)32-5-2)20(25-23(29)24-17)16-8-6-7-9-18(16)30-3/h6-9,15,20H,4-5,10-14H2,1-3H3,(H2,24,25,29). The van der Waals surface area contributed by atoms with Crippen molar-refractivity contribution in [3.63, 3.8) is 0 Å². The molecule has 0 spiro atoms. The monoisotopic (exact) mass is 445 g/mol. The van der Waals surface area contributed by atoms with E-state index >= 15 is 0 Å². The number of rotatable bonds is 8. The van der Waals surface area contributed by atoms with E-state index in [2.05, 4.69) is 15.5 Å². The summed E-state index contributed by atoms with van der Waals surface area (Å²) in [6.07, 6.45) is 1.34. The molecule has 2 heterocycles. The number of esters is 2. The fraction of sp³-hybridized carbons (Fsp3) is 0.522. The lowest BCUT2D eigenvalue weighted by molar-refractivity contribution is -0.149. The summed E-state index contributed by atoms with van der Waals surface area (Å²) >= 11 is 0. The Hall–Kier alpha value is -3.07. The number of urea groups is 1. The normalized spacial score (nSPS) is 19.7. The molecule has 0 bridgehead atoms. The van der Waals surface area contributed by atoms with E-state index in [9.17, 15) is 14.4 Å². The van der Waals surface area contributed by atoms with Crippen LogP contribution >= 0.6 is 0 Å². The second-order valence-corrected chi connectivity index (χ2v) is 7.69. The number of benzene rings is 1. The summed E-state index contributed by atoms with van der Waals surface area (Å²) in [4.78, 5) is 39.6. The highest BCUT2D eigenvalue weighted by atomic mass is 16.5. The van der Waals surface area contributed by atoms with Gasteiger partial charge in [-0.15, -0.1) is 0 Å². The lowest BCUT2D eigenvalue weighted by Gasteiger charge is -2.35. The van der Waals surface area contributed by atoms with Crippen molar-refractivity contribution in [2.24, 2.45) is 5.92 Å². The molecule has 1 atom stereocenters. The molecular weight excluding hydrogens is 414 g/mol. The number of hydrogen-bond acceptors (Lipinski definition) is 7. The predicted molar refractivity (Wildman–Crippen MR) is 117 cm³/mol. The third-order valence-electron chi connectivity index (χ3n) is 5.69. The van der Waals surface area contributed by atoms with E-state index in [1.807, 2.05) is 18.2 Å². The molecule has 1 fully saturated rings. The molecule has 0 saturated carbocycles. The van der Waals surface area contributed by atoms with Gasteiger partial charge in [-0.25, -0.2) is 9.59 Å². The maximum Gasteiger partial charge on any atom is 0.338 e. The molecule has 1 unspecified atom stereocenters. The van der Waals surface area contributed by atoms with Gasteiger partial charge in [0.25, 0.3) is 0 Å². The largest absolute Gasteiger partial charge is 0.496 e. The number of para-hydroxylation sites is 1. The molecule has 2 aliphatic heterocycles. The summed E-state index contributed by atoms with van der Waals surface area (Å²) in [7, 11) is 1.55. The van der Waals surface area contributed by atoms with Crippen LogP contribution in [0.1, 0.15) is 38.3 Å². The molecule has 2 aliphatic rings. The minimum absolute atomic E-state index is 0.117. The van der Waals surface area contributed by atoms with Crippen molar-refractivity contribution in [2.45, 2.75) is 32.7 Å². The van der Waals surface area contributed by atoms with E-state index in [1.54, 1.807) is 27.0 Å². The van der Waals surface area contributed by atoms with Gasteiger partial charge in [-0.2, -0.15) is 0 Å². The first-order chi connectivity index (χ1) is 15.5. The first-order valence-electron chi connectivity index (χ1n) is 11.0. The molecule has 0 aromatic heterocycles. The highest BCUT2D eigenvalue weighted by Gasteiger charge is 2.36. The number of hydrogen-bond donors (Lipinski definition) is 2. The average Bonchev–Trinajstić information content (AvgIpc) is 2.79. The molecule has 2 amide bonds. The van der Waals surface area contributed by atoms with Crippen LogP contribution in [0.4, 0.5) is 4.79 Å². The number of amides is 2. The molecule has 9 nitrogen and oxygen atoms in total. The number of nitrogens with one attached hydrogen (secondary N) is 2. The van der Waals surface area contributed by atoms with Crippen LogP contribution in [0, 0.1) is 5.92 Å². The molecule has 32 heavy (non-hydrogen) atoms. The third-order valence-corrected chi connectivity index (χ3v) is 5.69. The van der Waals surface area contributed by atoms with Gasteiger partial charge in [0.1, 0.15) is 5.75 Å². The van der Waals surface area contributed by atoms with E-state index in [0.717, 1.165) is 0 Å². The lowest BCUT2D eigenvalue weighted by atomic mass is 9.93. The zero-order chi connectivity index (χ0) is 23.1. The van der Waals surface area contributed by atoms with Crippen LogP contribution in [0.3, 0.4) is 0 Å². The Bertz CT molecular complexity index is 876. The van der Waals surface area contributed by atoms with Gasteiger partial charge in [-0.1, -0.05) is 18.2 Å². The Morgan fingerprint density at radius 1 is 1.09 bits per heavy atom. The average molecular weight is 446 g/mol. The number of carbonyl (C=O) groups excluding carboxylic acids is 3. The van der Waals surface area contributed by atoms with Crippen molar-refractivity contribution in [1.82, 2.24) is 15.5 Å². The van der Waals surface area contributed by atoms with Crippen LogP contribution < -0.4 is 15.4 Å². The van der Waals surface area contributed by atoms with E-state index in [-0.39, 0.29) is 18.5 Å². The fourth-order valence-corrected chi connectivity index (χ4v) is 4.14. The fourth-order valence-electron chi connectivity index (χ4n) is 4.14. The van der Waals surface area contributed by atoms with Crippen molar-refractivity contribution in [2.75, 3.05) is 40.0 Å². The number of ether oxygens (including phenoxy) is 3. The van der Waals surface area contributed by atoms with Crippen molar-refractivity contribution >= 4 is 18.0 Å². The van der Waals surface area contributed by atoms with E-state index in [1.165, 1.54) is 0 Å². The molecule has 3 rings (SSSR count). The van der Waals surface area contributed by atoms with Crippen molar-refractivity contribution in [3.05, 3.63) is 41.1 Å². The summed E-state index contributed by atoms with van der Waals surface area (Å²) in [5, 5.41) is 5.63. The number of carbonyl (C=O) groups is 3. The quantitative estimate of drug-likeness (QED) is 0.591. The second kappa shape index (κ2) is 11.0. The van der Waals surface area contributed by atoms with Crippen molar-refractivity contribution in [3.8, 4) is 5.75 Å². The Morgan fingerprint density at radius 3 is 2.44 bits per heavy atom. The lowest BCUT2D eigenvalue weighted by Crippen LogP contribution is -2.49. The van der Waals surface area contributed by atoms with E-state index in [0.29, 0.717) is 61.7 Å². The van der Waals surface area contributed by atoms with Gasteiger partial charge in [0, 0.05) is 17.8 Å². The van der Waals surface area contributed by atoms with Gasteiger partial charge in [-0.05, 0) is 45.8 Å². The van der Waals surface area contributed by atoms with Crippen LogP contribution in [0.25, 0.3) is 0 Å². The Labute approximate surface area is 188 Å². The van der Waals surface area contributed by atoms with Crippen LogP contribution in [0.15, 0.2) is 35.5 Å². The highest BCUT2D eigenvalue weighted by Crippen LogP contribution is 2.34. The predicted octanol–water partition coefficient (Wildman–Crippen LogP) is 2.14. The summed E-state index contributed by atoms with van der Waals surface area (Å²) in [6.45, 7) is 5.81. The SMILES string of the molecule is CCOC(=O)C1=C(CN2CCC(C(=O)OCC)CC2)NC(=O)NC1c1ccccc1OC. The topological polar surface area (TPSA) is 106 Å². The van der Waals surface area contributed by atoms with Crippen molar-refractivity contribution < 1.29 is 28.6 Å². The molecule has 9 heteroatoms. The van der Waals surface area contributed by atoms with Gasteiger partial charge < -0.3 is 24.8 Å². The Kier molecular flexibility index (Phi) is 8.10. The molecular formula is C23H31N3O6. The maximum absolute atomic E-state index is 13.0. The molecule has 1 aromatic carbocycles. The summed E-state index contributed by atoms with van der Waals surface area (Å²) in [5.74, 6) is -0.206. The number of likely N-dealkylation sites (tertiary alicyclic amines) is 1. The van der Waals surface area contributed by atoms with Crippen molar-refractivity contribution in [1.29, 1.82) is 0 Å². The molecule has 174 valence electrons. The first-order valence-corrected chi connectivity index (χ1v) is 11.0. The molecule has 2 N–H and O–H groups in total. The summed E-state index contributed by atoms with van der Waals surface area (Å²) in [5.41, 5.74) is 1.52. The molecule has 1 aromatic rings. The van der Waals surface area contributed by atoms with Crippen LogP contribution in [-0.2, 0) is 19.1 Å². The summed E-state index contributed by atoms with van der Waals surface area (Å²) < 4.78 is 15.9. The molecule has 0 aliphatic carbocycles. The zero-order valence-corrected chi connectivity index (χ0v) is 18.8. The second-order valence-electron chi connectivity index (χ2n) is 7.69. The Morgan fingerprint density at radius 2 is 1.78 bits per heavy atom. The third kappa shape index (κ3) is 5.40. The minimum atomic E-state index is -0.703. The number of methoxy groups -OCH3 is 1. The van der Waals surface area contributed by atoms with Gasteiger partial charge in [0.2, 0.25) is 0 Å². The van der Waals surface area contributed by atoms with Gasteiger partial charge in [-0.3, -0.25) is 9.69 Å². The number of nitrogens with zero attached hydrogens (tertiary/aromatic N) is 1. The molecule has 0 radical (unpaired) electrons. The van der Waals surface area contributed by atoms with Crippen LogP contribution in [-0.4, -0.2) is 62.8 Å². The van der Waals surface area contributed by atoms with Gasteiger partial charge in [0.15, 0.2) is 0 Å². The van der Waals surface area contributed by atoms with Crippen LogP contribution in [0.2, 0.25) is 0 Å². The van der Waals surface area contributed by atoms with Crippen LogP contribution in [0.5, 0.6) is 5.75 Å². The minimum Gasteiger partial charge on any atom is -0.496 e. The summed E-state index contributed by atoms with van der Waals surface area (Å²) in [6, 6.07) is 6.15.